The minimum Gasteiger partial charge on any atom is -0.481 e. The summed E-state index contributed by atoms with van der Waals surface area (Å²) < 4.78 is 0. The zero-order valence-electron chi connectivity index (χ0n) is 12.1. The fourth-order valence-electron chi connectivity index (χ4n) is 2.57. The summed E-state index contributed by atoms with van der Waals surface area (Å²) in [6.45, 7) is 4.20. The van der Waals surface area contributed by atoms with Crippen molar-refractivity contribution in [3.05, 3.63) is 0 Å². The molecule has 6 nitrogen and oxygen atoms in total. The summed E-state index contributed by atoms with van der Waals surface area (Å²) in [5.74, 6) is -1.14. The molecule has 2 unspecified atom stereocenters. The van der Waals surface area contributed by atoms with Gasteiger partial charge in [-0.1, -0.05) is 6.42 Å². The van der Waals surface area contributed by atoms with Gasteiger partial charge < -0.3 is 15.3 Å². The van der Waals surface area contributed by atoms with Crippen LogP contribution in [0.5, 0.6) is 0 Å². The van der Waals surface area contributed by atoms with Gasteiger partial charge in [-0.3, -0.25) is 4.79 Å². The van der Waals surface area contributed by atoms with E-state index in [1.54, 1.807) is 4.90 Å². The van der Waals surface area contributed by atoms with Crippen LogP contribution in [0.15, 0.2) is 0 Å². The number of carbonyl (C=O) groups excluding carboxylic acids is 1. The van der Waals surface area contributed by atoms with Crippen LogP contribution in [0.1, 0.15) is 46.0 Å². The number of carbonyl (C=O) groups is 2. The fraction of sp³-hybridized carbons (Fsp3) is 0.786. The van der Waals surface area contributed by atoms with Gasteiger partial charge in [0.1, 0.15) is 0 Å². The van der Waals surface area contributed by atoms with Crippen molar-refractivity contribution < 1.29 is 14.7 Å². The van der Waals surface area contributed by atoms with Crippen LogP contribution in [-0.4, -0.2) is 40.6 Å². The lowest BCUT2D eigenvalue weighted by atomic mass is 9.86. The highest BCUT2D eigenvalue weighted by atomic mass is 16.4. The number of carboxylic acids is 1. The van der Waals surface area contributed by atoms with Gasteiger partial charge in [-0.05, 0) is 33.1 Å². The lowest BCUT2D eigenvalue weighted by Crippen LogP contribution is -2.49. The van der Waals surface area contributed by atoms with Crippen molar-refractivity contribution in [3.8, 4) is 6.07 Å². The quantitative estimate of drug-likeness (QED) is 0.805. The Hall–Kier alpha value is -1.77. The summed E-state index contributed by atoms with van der Waals surface area (Å²) in [7, 11) is 0. The maximum Gasteiger partial charge on any atom is 0.317 e. The first-order valence-electron chi connectivity index (χ1n) is 7.12. The average Bonchev–Trinajstić information content (AvgIpc) is 2.39. The molecule has 0 aromatic rings. The van der Waals surface area contributed by atoms with E-state index in [0.717, 1.165) is 12.8 Å². The molecular formula is C14H23N3O3. The Balaban J connectivity index is 2.54. The lowest BCUT2D eigenvalue weighted by molar-refractivity contribution is -0.143. The third-order valence-electron chi connectivity index (χ3n) is 3.70. The Morgan fingerprint density at radius 3 is 2.70 bits per heavy atom. The minimum absolute atomic E-state index is 0.0159. The summed E-state index contributed by atoms with van der Waals surface area (Å²) in [4.78, 5) is 24.8. The molecule has 0 bridgehead atoms. The summed E-state index contributed by atoms with van der Waals surface area (Å²) in [6, 6.07) is 1.76. The fourth-order valence-corrected chi connectivity index (χ4v) is 2.57. The van der Waals surface area contributed by atoms with Crippen molar-refractivity contribution in [1.82, 2.24) is 10.2 Å². The van der Waals surface area contributed by atoms with Crippen molar-refractivity contribution in [2.45, 2.75) is 58.0 Å². The van der Waals surface area contributed by atoms with Crippen LogP contribution in [-0.2, 0) is 4.79 Å². The third kappa shape index (κ3) is 4.72. The first-order valence-corrected chi connectivity index (χ1v) is 7.12. The maximum atomic E-state index is 12.2. The molecular weight excluding hydrogens is 258 g/mol. The Morgan fingerprint density at radius 2 is 2.15 bits per heavy atom. The Kier molecular flexibility index (Phi) is 6.29. The molecule has 2 N–H and O–H groups in total. The van der Waals surface area contributed by atoms with Crippen LogP contribution in [0.3, 0.4) is 0 Å². The van der Waals surface area contributed by atoms with Gasteiger partial charge in [0, 0.05) is 18.6 Å². The maximum absolute atomic E-state index is 12.2. The van der Waals surface area contributed by atoms with Gasteiger partial charge in [-0.25, -0.2) is 4.79 Å². The van der Waals surface area contributed by atoms with Crippen LogP contribution in [0.2, 0.25) is 0 Å². The van der Waals surface area contributed by atoms with Crippen molar-refractivity contribution in [3.63, 3.8) is 0 Å². The van der Waals surface area contributed by atoms with Gasteiger partial charge in [0.25, 0.3) is 0 Å². The molecule has 1 rings (SSSR count). The number of hydrogen-bond donors (Lipinski definition) is 2. The second kappa shape index (κ2) is 7.73. The van der Waals surface area contributed by atoms with Gasteiger partial charge in [-0.2, -0.15) is 5.26 Å². The standard InChI is InChI=1S/C14H23N3O3/c1-10(2)17(8-4-7-15)14(20)16-12-6-3-5-11(9-12)13(18)19/h10-12H,3-6,8-9H2,1-2H3,(H,16,20)(H,18,19). The molecule has 1 saturated carbocycles. The van der Waals surface area contributed by atoms with Crippen LogP contribution in [0.4, 0.5) is 4.79 Å². The molecule has 0 aliphatic heterocycles. The van der Waals surface area contributed by atoms with Crippen LogP contribution in [0.25, 0.3) is 0 Å². The molecule has 0 heterocycles. The second-order valence-electron chi connectivity index (χ2n) is 5.54. The lowest BCUT2D eigenvalue weighted by Gasteiger charge is -2.32. The molecule has 0 radical (unpaired) electrons. The number of amides is 2. The molecule has 112 valence electrons. The van der Waals surface area contributed by atoms with E-state index in [0.29, 0.717) is 25.8 Å². The number of nitrogens with zero attached hydrogens (tertiary/aromatic N) is 2. The Labute approximate surface area is 119 Å². The van der Waals surface area contributed by atoms with E-state index in [1.807, 2.05) is 19.9 Å². The highest BCUT2D eigenvalue weighted by molar-refractivity contribution is 5.75. The van der Waals surface area contributed by atoms with Crippen molar-refractivity contribution in [1.29, 1.82) is 5.26 Å². The topological polar surface area (TPSA) is 93.4 Å². The van der Waals surface area contributed by atoms with Crippen LogP contribution in [0, 0.1) is 17.2 Å². The number of rotatable bonds is 5. The van der Waals surface area contributed by atoms with E-state index in [4.69, 9.17) is 10.4 Å². The molecule has 2 atom stereocenters. The summed E-state index contributed by atoms with van der Waals surface area (Å²) in [5.41, 5.74) is 0. The van der Waals surface area contributed by atoms with Gasteiger partial charge in [-0.15, -0.1) is 0 Å². The number of carboxylic acid groups (broad SMARTS) is 1. The average molecular weight is 281 g/mol. The number of urea groups is 1. The second-order valence-corrected chi connectivity index (χ2v) is 5.54. The van der Waals surface area contributed by atoms with E-state index in [9.17, 15) is 9.59 Å². The molecule has 1 fully saturated rings. The zero-order valence-corrected chi connectivity index (χ0v) is 12.1. The predicted molar refractivity (Wildman–Crippen MR) is 74.0 cm³/mol. The largest absolute Gasteiger partial charge is 0.481 e. The first kappa shape index (κ1) is 16.3. The normalized spacial score (nSPS) is 22.1. The molecule has 0 aromatic heterocycles. The molecule has 1 aliphatic carbocycles. The zero-order chi connectivity index (χ0) is 15.1. The Bertz CT molecular complexity index is 390. The smallest absolute Gasteiger partial charge is 0.317 e. The number of nitriles is 1. The van der Waals surface area contributed by atoms with Crippen molar-refractivity contribution in [2.24, 2.45) is 5.92 Å². The monoisotopic (exact) mass is 281 g/mol. The SMILES string of the molecule is CC(C)N(CCC#N)C(=O)NC1CCCC(C(=O)O)C1. The molecule has 2 amide bonds. The molecule has 1 aliphatic rings. The summed E-state index contributed by atoms with van der Waals surface area (Å²) >= 11 is 0. The van der Waals surface area contributed by atoms with Gasteiger partial charge in [0.2, 0.25) is 0 Å². The first-order chi connectivity index (χ1) is 9.45. The van der Waals surface area contributed by atoms with E-state index < -0.39 is 5.97 Å². The molecule has 0 saturated heterocycles. The highest BCUT2D eigenvalue weighted by Gasteiger charge is 2.29. The van der Waals surface area contributed by atoms with Gasteiger partial charge in [0.05, 0.1) is 18.4 Å². The minimum atomic E-state index is -0.783. The third-order valence-corrected chi connectivity index (χ3v) is 3.70. The van der Waals surface area contributed by atoms with E-state index in [2.05, 4.69) is 5.32 Å². The van der Waals surface area contributed by atoms with Gasteiger partial charge >= 0.3 is 12.0 Å². The number of hydrogen-bond acceptors (Lipinski definition) is 3. The Morgan fingerprint density at radius 1 is 1.45 bits per heavy atom. The highest BCUT2D eigenvalue weighted by Crippen LogP contribution is 2.24. The summed E-state index contributed by atoms with van der Waals surface area (Å²) in [6.07, 6.45) is 3.12. The van der Waals surface area contributed by atoms with E-state index >= 15 is 0 Å². The molecule has 6 heteroatoms. The number of nitrogens with one attached hydrogen (secondary N) is 1. The van der Waals surface area contributed by atoms with Gasteiger partial charge in [0.15, 0.2) is 0 Å². The molecule has 0 spiro atoms. The summed E-state index contributed by atoms with van der Waals surface area (Å²) in [5, 5.41) is 20.6. The van der Waals surface area contributed by atoms with Crippen molar-refractivity contribution in [2.75, 3.05) is 6.54 Å². The van der Waals surface area contributed by atoms with Crippen molar-refractivity contribution >= 4 is 12.0 Å². The predicted octanol–water partition coefficient (Wildman–Crippen LogP) is 1.96. The van der Waals surface area contributed by atoms with Crippen LogP contribution < -0.4 is 5.32 Å². The molecule has 0 aromatic carbocycles. The van der Waals surface area contributed by atoms with E-state index in [-0.39, 0.29) is 24.0 Å². The van der Waals surface area contributed by atoms with Crippen LogP contribution >= 0.6 is 0 Å². The molecule has 20 heavy (non-hydrogen) atoms. The number of aliphatic carboxylic acids is 1. The van der Waals surface area contributed by atoms with E-state index in [1.165, 1.54) is 0 Å².